The molecular weight excluding hydrogens is 246 g/mol. The summed E-state index contributed by atoms with van der Waals surface area (Å²) in [5.74, 6) is 0. The molecule has 0 fully saturated rings. The smallest absolute Gasteiger partial charge is 0.260 e. The van der Waals surface area contributed by atoms with Crippen LogP contribution in [0.2, 0.25) is 0 Å². The highest BCUT2D eigenvalue weighted by molar-refractivity contribution is 7.89. The van der Waals surface area contributed by atoms with E-state index in [4.69, 9.17) is 9.84 Å². The number of likely N-dealkylation sites (N-methyl/N-ethyl adjacent to an activating group) is 1. The van der Waals surface area contributed by atoms with Crippen LogP contribution in [0.25, 0.3) is 0 Å². The summed E-state index contributed by atoms with van der Waals surface area (Å²) in [6, 6.07) is 0. The Labute approximate surface area is 100 Å². The van der Waals surface area contributed by atoms with Gasteiger partial charge in [0.2, 0.25) is 0 Å². The van der Waals surface area contributed by atoms with Crippen LogP contribution in [0.1, 0.15) is 12.5 Å². The van der Waals surface area contributed by atoms with E-state index in [9.17, 15) is 8.42 Å². The molecular formula is C9H17N3O4S. The Kier molecular flexibility index (Phi) is 5.06. The van der Waals surface area contributed by atoms with Gasteiger partial charge in [-0.3, -0.25) is 5.10 Å². The first kappa shape index (κ1) is 14.1. The van der Waals surface area contributed by atoms with Gasteiger partial charge in [0, 0.05) is 25.8 Å². The molecule has 1 rings (SSSR count). The Bertz CT molecular complexity index is 443. The van der Waals surface area contributed by atoms with Crippen molar-refractivity contribution in [2.75, 3.05) is 26.8 Å². The summed E-state index contributed by atoms with van der Waals surface area (Å²) in [6.07, 6.45) is 1.30. The minimum atomic E-state index is -3.65. The maximum atomic E-state index is 12.2. The second-order valence-corrected chi connectivity index (χ2v) is 5.25. The Balaban J connectivity index is 3.00. The molecule has 1 aromatic heterocycles. The molecule has 8 heteroatoms. The van der Waals surface area contributed by atoms with Crippen molar-refractivity contribution in [3.05, 3.63) is 11.8 Å². The summed E-state index contributed by atoms with van der Waals surface area (Å²) in [5.41, 5.74) is 0.265. The van der Waals surface area contributed by atoms with Gasteiger partial charge >= 0.3 is 0 Å². The second kappa shape index (κ2) is 6.10. The molecule has 0 aliphatic rings. The third-order valence-corrected chi connectivity index (χ3v) is 4.33. The average Bonchev–Trinajstić information content (AvgIpc) is 2.78. The third-order valence-electron chi connectivity index (χ3n) is 2.34. The molecule has 0 bridgehead atoms. The first-order valence-corrected chi connectivity index (χ1v) is 6.64. The fraction of sp³-hybridized carbons (Fsp3) is 0.667. The lowest BCUT2D eigenvalue weighted by Crippen LogP contribution is -2.34. The van der Waals surface area contributed by atoms with Crippen LogP contribution in [0.15, 0.2) is 11.2 Å². The van der Waals surface area contributed by atoms with Crippen molar-refractivity contribution in [1.82, 2.24) is 14.5 Å². The maximum Gasteiger partial charge on any atom is 0.260 e. The van der Waals surface area contributed by atoms with Gasteiger partial charge in [-0.25, -0.2) is 8.42 Å². The van der Waals surface area contributed by atoms with Crippen molar-refractivity contribution >= 4 is 10.0 Å². The number of aliphatic hydroxyl groups excluding tert-OH is 1. The molecule has 0 radical (unpaired) electrons. The maximum absolute atomic E-state index is 12.2. The van der Waals surface area contributed by atoms with Crippen molar-refractivity contribution in [1.29, 1.82) is 0 Å². The number of nitrogens with one attached hydrogen (secondary N) is 1. The molecule has 98 valence electrons. The highest BCUT2D eigenvalue weighted by atomic mass is 32.2. The SMILES string of the molecule is CCN(CCOC)S(=O)(=O)c1[nH]ncc1CO. The topological polar surface area (TPSA) is 95.5 Å². The van der Waals surface area contributed by atoms with E-state index in [2.05, 4.69) is 10.2 Å². The molecule has 0 spiro atoms. The van der Waals surface area contributed by atoms with Crippen LogP contribution < -0.4 is 0 Å². The van der Waals surface area contributed by atoms with Gasteiger partial charge in [-0.2, -0.15) is 9.40 Å². The van der Waals surface area contributed by atoms with Crippen LogP contribution in [-0.4, -0.2) is 54.8 Å². The Morgan fingerprint density at radius 3 is 2.82 bits per heavy atom. The zero-order chi connectivity index (χ0) is 12.9. The highest BCUT2D eigenvalue weighted by Crippen LogP contribution is 2.17. The van der Waals surface area contributed by atoms with E-state index in [1.165, 1.54) is 17.6 Å². The summed E-state index contributed by atoms with van der Waals surface area (Å²) in [6.45, 7) is 2.28. The number of hydrogen-bond donors (Lipinski definition) is 2. The van der Waals surface area contributed by atoms with Crippen LogP contribution >= 0.6 is 0 Å². The number of rotatable bonds is 7. The number of nitrogens with zero attached hydrogens (tertiary/aromatic N) is 2. The van der Waals surface area contributed by atoms with Gasteiger partial charge in [0.15, 0.2) is 5.03 Å². The standard InChI is InChI=1S/C9H17N3O4S/c1-3-12(4-5-16-2)17(14,15)9-8(7-13)6-10-11-9/h6,13H,3-5,7H2,1-2H3,(H,10,11). The fourth-order valence-corrected chi connectivity index (χ4v) is 2.94. The van der Waals surface area contributed by atoms with E-state index >= 15 is 0 Å². The molecule has 2 N–H and O–H groups in total. The van der Waals surface area contributed by atoms with Crippen LogP contribution in [0, 0.1) is 0 Å². The lowest BCUT2D eigenvalue weighted by Gasteiger charge is -2.19. The number of hydrogen-bond acceptors (Lipinski definition) is 5. The van der Waals surface area contributed by atoms with Gasteiger partial charge in [-0.05, 0) is 0 Å². The lowest BCUT2D eigenvalue weighted by atomic mass is 10.4. The summed E-state index contributed by atoms with van der Waals surface area (Å²) in [5, 5.41) is 15.0. The average molecular weight is 263 g/mol. The number of H-pyrrole nitrogens is 1. The van der Waals surface area contributed by atoms with Crippen molar-refractivity contribution < 1.29 is 18.3 Å². The van der Waals surface area contributed by atoms with E-state index in [1.807, 2.05) is 0 Å². The summed E-state index contributed by atoms with van der Waals surface area (Å²) < 4.78 is 30.5. The number of ether oxygens (including phenoxy) is 1. The molecule has 17 heavy (non-hydrogen) atoms. The summed E-state index contributed by atoms with van der Waals surface area (Å²) in [4.78, 5) is 0. The molecule has 0 amide bonds. The molecule has 0 saturated heterocycles. The molecule has 0 aromatic carbocycles. The van der Waals surface area contributed by atoms with Gasteiger partial charge < -0.3 is 9.84 Å². The molecule has 1 aromatic rings. The number of aromatic amines is 1. The largest absolute Gasteiger partial charge is 0.392 e. The molecule has 0 saturated carbocycles. The monoisotopic (exact) mass is 263 g/mol. The van der Waals surface area contributed by atoms with Crippen molar-refractivity contribution in [3.8, 4) is 0 Å². The van der Waals surface area contributed by atoms with E-state index in [0.717, 1.165) is 0 Å². The quantitative estimate of drug-likeness (QED) is 0.695. The molecule has 0 aliphatic heterocycles. The first-order valence-electron chi connectivity index (χ1n) is 5.20. The van der Waals surface area contributed by atoms with E-state index in [-0.39, 0.29) is 23.7 Å². The second-order valence-electron chi connectivity index (χ2n) is 3.37. The van der Waals surface area contributed by atoms with Gasteiger partial charge in [0.05, 0.1) is 19.4 Å². The van der Waals surface area contributed by atoms with E-state index in [1.54, 1.807) is 6.92 Å². The zero-order valence-electron chi connectivity index (χ0n) is 9.88. The summed E-state index contributed by atoms with van der Waals surface area (Å²) in [7, 11) is -2.14. The third kappa shape index (κ3) is 3.03. The predicted molar refractivity (Wildman–Crippen MR) is 60.8 cm³/mol. The first-order chi connectivity index (χ1) is 8.07. The van der Waals surface area contributed by atoms with E-state index in [0.29, 0.717) is 13.2 Å². The Morgan fingerprint density at radius 1 is 1.59 bits per heavy atom. The Morgan fingerprint density at radius 2 is 2.29 bits per heavy atom. The minimum Gasteiger partial charge on any atom is -0.392 e. The molecule has 0 atom stereocenters. The normalized spacial score (nSPS) is 12.2. The van der Waals surface area contributed by atoms with E-state index < -0.39 is 10.0 Å². The minimum absolute atomic E-state index is 0.0575. The van der Waals surface area contributed by atoms with Crippen LogP contribution in [0.3, 0.4) is 0 Å². The van der Waals surface area contributed by atoms with Gasteiger partial charge in [0.25, 0.3) is 10.0 Å². The van der Waals surface area contributed by atoms with Crippen molar-refractivity contribution in [2.45, 2.75) is 18.6 Å². The number of aromatic nitrogens is 2. The fourth-order valence-electron chi connectivity index (χ4n) is 1.41. The van der Waals surface area contributed by atoms with Crippen molar-refractivity contribution in [2.24, 2.45) is 0 Å². The molecule has 7 nitrogen and oxygen atoms in total. The molecule has 0 unspecified atom stereocenters. The zero-order valence-corrected chi connectivity index (χ0v) is 10.7. The van der Waals surface area contributed by atoms with Gasteiger partial charge in [-0.15, -0.1) is 0 Å². The van der Waals surface area contributed by atoms with Crippen molar-refractivity contribution in [3.63, 3.8) is 0 Å². The van der Waals surface area contributed by atoms with Crippen LogP contribution in [-0.2, 0) is 21.4 Å². The van der Waals surface area contributed by atoms with Crippen LogP contribution in [0.4, 0.5) is 0 Å². The number of sulfonamides is 1. The van der Waals surface area contributed by atoms with Gasteiger partial charge in [0.1, 0.15) is 0 Å². The molecule has 1 heterocycles. The summed E-state index contributed by atoms with van der Waals surface area (Å²) >= 11 is 0. The van der Waals surface area contributed by atoms with Gasteiger partial charge in [-0.1, -0.05) is 6.92 Å². The Hall–Kier alpha value is -0.960. The highest BCUT2D eigenvalue weighted by Gasteiger charge is 2.27. The lowest BCUT2D eigenvalue weighted by molar-refractivity contribution is 0.180. The number of aliphatic hydroxyl groups is 1. The predicted octanol–water partition coefficient (Wildman–Crippen LogP) is -0.441. The van der Waals surface area contributed by atoms with Crippen LogP contribution in [0.5, 0.6) is 0 Å². The molecule has 0 aliphatic carbocycles. The number of methoxy groups -OCH3 is 1.